The van der Waals surface area contributed by atoms with Gasteiger partial charge in [0, 0.05) is 19.1 Å². The van der Waals surface area contributed by atoms with Gasteiger partial charge < -0.3 is 10.1 Å². The second-order valence-electron chi connectivity index (χ2n) is 7.76. The number of ether oxygens (including phenoxy) is 1. The summed E-state index contributed by atoms with van der Waals surface area (Å²) in [6, 6.07) is 12.4. The number of hydrogen-bond acceptors (Lipinski definition) is 6. The van der Waals surface area contributed by atoms with E-state index in [0.29, 0.717) is 30.0 Å². The van der Waals surface area contributed by atoms with Crippen LogP contribution in [0.15, 0.2) is 48.5 Å². The molecule has 0 spiro atoms. The normalized spacial score (nSPS) is 20.2. The molecule has 2 fully saturated rings. The molecule has 2 amide bonds. The summed E-state index contributed by atoms with van der Waals surface area (Å²) in [4.78, 5) is 40.4. The third-order valence-corrected chi connectivity index (χ3v) is 5.87. The van der Waals surface area contributed by atoms with Crippen molar-refractivity contribution in [3.63, 3.8) is 0 Å². The lowest BCUT2D eigenvalue weighted by atomic mass is 10.0. The maximum atomic E-state index is 13.9. The minimum atomic E-state index is -0.498. The minimum absolute atomic E-state index is 0.113. The number of piperidine rings is 1. The van der Waals surface area contributed by atoms with E-state index in [1.807, 2.05) is 4.90 Å². The molecule has 2 aromatic carbocycles. The molecule has 0 unspecified atom stereocenters. The fraction of sp³-hybridized carbons (Fsp3) is 0.348. The highest BCUT2D eigenvalue weighted by atomic mass is 19.1. The Bertz CT molecular complexity index is 987. The number of imide groups is 1. The first-order valence-electron chi connectivity index (χ1n) is 10.3. The van der Waals surface area contributed by atoms with Crippen LogP contribution in [0.1, 0.15) is 29.6 Å². The van der Waals surface area contributed by atoms with Crippen molar-refractivity contribution in [3.8, 4) is 0 Å². The number of carbonyl (C=O) groups is 3. The van der Waals surface area contributed by atoms with Gasteiger partial charge in [0.1, 0.15) is 5.82 Å². The number of rotatable bonds is 5. The van der Waals surface area contributed by atoms with Crippen molar-refractivity contribution in [2.75, 3.05) is 30.4 Å². The Morgan fingerprint density at radius 3 is 2.39 bits per heavy atom. The SMILES string of the molecule is COC(=O)c1ccc(N2C(=O)C[C@H](N3CCC(Nc4ccccc4F)CC3)C2=O)cc1. The smallest absolute Gasteiger partial charge is 0.337 e. The molecule has 2 aromatic rings. The minimum Gasteiger partial charge on any atom is -0.465 e. The van der Waals surface area contributed by atoms with E-state index in [1.165, 1.54) is 30.2 Å². The topological polar surface area (TPSA) is 79.0 Å². The molecule has 1 N–H and O–H groups in total. The van der Waals surface area contributed by atoms with E-state index in [-0.39, 0.29) is 30.1 Å². The standard InChI is InChI=1S/C23H24FN3O4/c1-31-23(30)15-6-8-17(9-7-15)27-21(28)14-20(22(27)29)26-12-10-16(11-13-26)25-19-5-3-2-4-18(19)24/h2-9,16,20,25H,10-14H2,1H3/t20-/m0/s1. The Morgan fingerprint density at radius 2 is 1.74 bits per heavy atom. The maximum Gasteiger partial charge on any atom is 0.337 e. The average molecular weight is 425 g/mol. The molecule has 0 aromatic heterocycles. The summed E-state index contributed by atoms with van der Waals surface area (Å²) in [5.41, 5.74) is 1.28. The van der Waals surface area contributed by atoms with Gasteiger partial charge in [0.25, 0.3) is 5.91 Å². The first kappa shape index (κ1) is 21.0. The first-order valence-corrected chi connectivity index (χ1v) is 10.3. The van der Waals surface area contributed by atoms with Crippen LogP contribution in [-0.4, -0.2) is 55.0 Å². The summed E-state index contributed by atoms with van der Waals surface area (Å²) >= 11 is 0. The fourth-order valence-electron chi connectivity index (χ4n) is 4.19. The Hall–Kier alpha value is -3.26. The van der Waals surface area contributed by atoms with Crippen LogP contribution in [0.2, 0.25) is 0 Å². The van der Waals surface area contributed by atoms with Gasteiger partial charge in [0.15, 0.2) is 0 Å². The molecule has 0 bridgehead atoms. The quantitative estimate of drug-likeness (QED) is 0.586. The molecule has 7 nitrogen and oxygen atoms in total. The highest BCUT2D eigenvalue weighted by molar-refractivity contribution is 6.22. The summed E-state index contributed by atoms with van der Waals surface area (Å²) in [5.74, 6) is -1.27. The number of anilines is 2. The van der Waals surface area contributed by atoms with Crippen LogP contribution in [0.3, 0.4) is 0 Å². The number of hydrogen-bond donors (Lipinski definition) is 1. The number of nitrogens with zero attached hydrogens (tertiary/aromatic N) is 2. The summed E-state index contributed by atoms with van der Waals surface area (Å²) in [7, 11) is 1.30. The lowest BCUT2D eigenvalue weighted by Crippen LogP contribution is -2.48. The Balaban J connectivity index is 1.38. The van der Waals surface area contributed by atoms with Gasteiger partial charge in [-0.15, -0.1) is 0 Å². The number of esters is 1. The highest BCUT2D eigenvalue weighted by Gasteiger charge is 2.43. The van der Waals surface area contributed by atoms with Crippen LogP contribution in [0.4, 0.5) is 15.8 Å². The highest BCUT2D eigenvalue weighted by Crippen LogP contribution is 2.28. The van der Waals surface area contributed by atoms with Gasteiger partial charge in [-0.25, -0.2) is 14.1 Å². The predicted molar refractivity (Wildman–Crippen MR) is 113 cm³/mol. The predicted octanol–water partition coefficient (Wildman–Crippen LogP) is 2.82. The molecule has 0 radical (unpaired) electrons. The zero-order valence-corrected chi connectivity index (χ0v) is 17.2. The van der Waals surface area contributed by atoms with E-state index >= 15 is 0 Å². The van der Waals surface area contributed by atoms with Gasteiger partial charge in [-0.2, -0.15) is 0 Å². The maximum absolute atomic E-state index is 13.9. The van der Waals surface area contributed by atoms with Crippen LogP contribution in [-0.2, 0) is 14.3 Å². The Labute approximate surface area is 179 Å². The summed E-state index contributed by atoms with van der Waals surface area (Å²) in [6.45, 7) is 1.29. The van der Waals surface area contributed by atoms with E-state index in [9.17, 15) is 18.8 Å². The summed E-state index contributed by atoms with van der Waals surface area (Å²) < 4.78 is 18.5. The molecule has 2 saturated heterocycles. The number of amides is 2. The van der Waals surface area contributed by atoms with Crippen LogP contribution >= 0.6 is 0 Å². The van der Waals surface area contributed by atoms with Crippen LogP contribution in [0.25, 0.3) is 0 Å². The van der Waals surface area contributed by atoms with Crippen LogP contribution in [0.5, 0.6) is 0 Å². The molecule has 2 heterocycles. The van der Waals surface area contributed by atoms with Crippen molar-refractivity contribution < 1.29 is 23.5 Å². The third kappa shape index (κ3) is 4.29. The molecule has 4 rings (SSSR count). The van der Waals surface area contributed by atoms with E-state index in [2.05, 4.69) is 10.1 Å². The number of halogens is 1. The number of methoxy groups -OCH3 is 1. The second-order valence-corrected chi connectivity index (χ2v) is 7.76. The van der Waals surface area contributed by atoms with Crippen molar-refractivity contribution in [1.82, 2.24) is 4.90 Å². The van der Waals surface area contributed by atoms with Crippen molar-refractivity contribution in [2.45, 2.75) is 31.3 Å². The van der Waals surface area contributed by atoms with E-state index in [0.717, 1.165) is 12.8 Å². The molecule has 0 aliphatic carbocycles. The Morgan fingerprint density at radius 1 is 1.06 bits per heavy atom. The third-order valence-electron chi connectivity index (χ3n) is 5.87. The molecule has 8 heteroatoms. The molecule has 2 aliphatic rings. The number of para-hydroxylation sites is 1. The van der Waals surface area contributed by atoms with Crippen LogP contribution < -0.4 is 10.2 Å². The summed E-state index contributed by atoms with van der Waals surface area (Å²) in [5, 5.41) is 3.23. The zero-order valence-electron chi connectivity index (χ0n) is 17.2. The number of nitrogens with one attached hydrogen (secondary N) is 1. The average Bonchev–Trinajstić information content (AvgIpc) is 3.09. The monoisotopic (exact) mass is 425 g/mol. The molecule has 2 aliphatic heterocycles. The zero-order chi connectivity index (χ0) is 22.0. The lowest BCUT2D eigenvalue weighted by Gasteiger charge is -2.35. The number of likely N-dealkylation sites (tertiary alicyclic amines) is 1. The van der Waals surface area contributed by atoms with Gasteiger partial charge in [-0.05, 0) is 49.2 Å². The molecular formula is C23H24FN3O4. The lowest BCUT2D eigenvalue weighted by molar-refractivity contribution is -0.123. The van der Waals surface area contributed by atoms with Crippen molar-refractivity contribution in [1.29, 1.82) is 0 Å². The van der Waals surface area contributed by atoms with Crippen molar-refractivity contribution >= 4 is 29.2 Å². The number of carbonyl (C=O) groups excluding carboxylic acids is 3. The fourth-order valence-corrected chi connectivity index (χ4v) is 4.19. The van der Waals surface area contributed by atoms with Gasteiger partial charge in [-0.1, -0.05) is 12.1 Å². The molecule has 1 atom stereocenters. The van der Waals surface area contributed by atoms with E-state index in [4.69, 9.17) is 0 Å². The largest absolute Gasteiger partial charge is 0.465 e. The number of benzene rings is 2. The Kier molecular flexibility index (Phi) is 5.99. The van der Waals surface area contributed by atoms with Gasteiger partial charge >= 0.3 is 5.97 Å². The summed E-state index contributed by atoms with van der Waals surface area (Å²) in [6.07, 6.45) is 1.63. The van der Waals surface area contributed by atoms with E-state index < -0.39 is 12.0 Å². The van der Waals surface area contributed by atoms with E-state index in [1.54, 1.807) is 30.3 Å². The molecule has 162 valence electrons. The molecule has 31 heavy (non-hydrogen) atoms. The van der Waals surface area contributed by atoms with Crippen molar-refractivity contribution in [3.05, 3.63) is 59.9 Å². The van der Waals surface area contributed by atoms with Gasteiger partial charge in [-0.3, -0.25) is 14.5 Å². The molecular weight excluding hydrogens is 401 g/mol. The second kappa shape index (κ2) is 8.85. The molecule has 0 saturated carbocycles. The van der Waals surface area contributed by atoms with Gasteiger partial charge in [0.05, 0.1) is 36.5 Å². The van der Waals surface area contributed by atoms with Gasteiger partial charge in [0.2, 0.25) is 5.91 Å². The first-order chi connectivity index (χ1) is 15.0. The van der Waals surface area contributed by atoms with Crippen LogP contribution in [0, 0.1) is 5.82 Å². The van der Waals surface area contributed by atoms with Crippen molar-refractivity contribution in [2.24, 2.45) is 0 Å².